The molecular weight excluding hydrogens is 384 g/mol. The molecule has 0 spiro atoms. The molecule has 0 radical (unpaired) electrons. The molecule has 3 rings (SSSR count). The minimum absolute atomic E-state index is 0.0426. The molecule has 3 aromatic rings. The number of carbonyl (C=O) groups is 1. The van der Waals surface area contributed by atoms with E-state index >= 15 is 0 Å². The van der Waals surface area contributed by atoms with Crippen molar-refractivity contribution in [2.75, 3.05) is 0 Å². The van der Waals surface area contributed by atoms with Crippen LogP contribution in [0.1, 0.15) is 55.8 Å². The standard InChI is InChI=1S/C27H32N2O2/c1-3-10-26(27(30)29-19-21-11-6-5-7-12-21)25(4-2)22-14-16-24(17-15-22)31-20-23-13-8-9-18-28-23/h5-9,11-18,25-26H,3-4,10,19-20H2,1-2H3,(H,29,30). The number of rotatable bonds is 11. The molecule has 1 heterocycles. The van der Waals surface area contributed by atoms with Gasteiger partial charge in [0.1, 0.15) is 12.4 Å². The normalized spacial score (nSPS) is 12.7. The van der Waals surface area contributed by atoms with E-state index in [0.29, 0.717) is 13.2 Å². The van der Waals surface area contributed by atoms with Crippen LogP contribution in [0.25, 0.3) is 0 Å². The van der Waals surface area contributed by atoms with Crippen molar-refractivity contribution >= 4 is 5.91 Å². The van der Waals surface area contributed by atoms with Gasteiger partial charge >= 0.3 is 0 Å². The molecular formula is C27H32N2O2. The van der Waals surface area contributed by atoms with Gasteiger partial charge in [-0.15, -0.1) is 0 Å². The number of hydrogen-bond donors (Lipinski definition) is 1. The Morgan fingerprint density at radius 3 is 2.35 bits per heavy atom. The van der Waals surface area contributed by atoms with Gasteiger partial charge in [-0.05, 0) is 54.2 Å². The molecule has 0 fully saturated rings. The number of nitrogens with zero attached hydrogens (tertiary/aromatic N) is 1. The number of benzene rings is 2. The first-order valence-corrected chi connectivity index (χ1v) is 11.2. The number of nitrogens with one attached hydrogen (secondary N) is 1. The second kappa shape index (κ2) is 11.9. The maximum absolute atomic E-state index is 13.1. The van der Waals surface area contributed by atoms with Gasteiger partial charge < -0.3 is 10.1 Å². The van der Waals surface area contributed by atoms with E-state index in [1.807, 2.05) is 60.7 Å². The van der Waals surface area contributed by atoms with Gasteiger partial charge in [-0.25, -0.2) is 0 Å². The molecule has 0 saturated carbocycles. The number of hydrogen-bond acceptors (Lipinski definition) is 3. The monoisotopic (exact) mass is 416 g/mol. The maximum atomic E-state index is 13.1. The molecule has 162 valence electrons. The molecule has 1 N–H and O–H groups in total. The highest BCUT2D eigenvalue weighted by Crippen LogP contribution is 2.32. The fraction of sp³-hybridized carbons (Fsp3) is 0.333. The molecule has 0 aliphatic carbocycles. The Hall–Kier alpha value is -3.14. The van der Waals surface area contributed by atoms with Crippen LogP contribution in [-0.2, 0) is 17.9 Å². The first kappa shape index (κ1) is 22.5. The molecule has 2 aromatic carbocycles. The van der Waals surface area contributed by atoms with E-state index in [1.165, 1.54) is 5.56 Å². The summed E-state index contributed by atoms with van der Waals surface area (Å²) in [5, 5.41) is 3.15. The molecule has 1 aromatic heterocycles. The Morgan fingerprint density at radius 2 is 1.71 bits per heavy atom. The van der Waals surface area contributed by atoms with Gasteiger partial charge in [-0.3, -0.25) is 9.78 Å². The van der Waals surface area contributed by atoms with Crippen LogP contribution < -0.4 is 10.1 Å². The van der Waals surface area contributed by atoms with Crippen LogP contribution in [0, 0.1) is 5.92 Å². The largest absolute Gasteiger partial charge is 0.487 e. The van der Waals surface area contributed by atoms with Crippen molar-refractivity contribution in [2.24, 2.45) is 5.92 Å². The van der Waals surface area contributed by atoms with Crippen LogP contribution in [0.2, 0.25) is 0 Å². The second-order valence-electron chi connectivity index (χ2n) is 7.79. The maximum Gasteiger partial charge on any atom is 0.223 e. The SMILES string of the molecule is CCCC(C(=O)NCc1ccccc1)C(CC)c1ccc(OCc2ccccn2)cc1. The summed E-state index contributed by atoms with van der Waals surface area (Å²) in [4.78, 5) is 17.3. The first-order valence-electron chi connectivity index (χ1n) is 11.2. The van der Waals surface area contributed by atoms with Crippen molar-refractivity contribution in [1.82, 2.24) is 10.3 Å². The lowest BCUT2D eigenvalue weighted by atomic mass is 9.81. The summed E-state index contributed by atoms with van der Waals surface area (Å²) in [6.45, 7) is 5.30. The molecule has 2 atom stereocenters. The number of aromatic nitrogens is 1. The highest BCUT2D eigenvalue weighted by atomic mass is 16.5. The highest BCUT2D eigenvalue weighted by Gasteiger charge is 2.27. The van der Waals surface area contributed by atoms with Crippen molar-refractivity contribution in [3.05, 3.63) is 95.8 Å². The highest BCUT2D eigenvalue weighted by molar-refractivity contribution is 5.79. The number of amides is 1. The van der Waals surface area contributed by atoms with E-state index in [-0.39, 0.29) is 17.7 Å². The third-order valence-corrected chi connectivity index (χ3v) is 5.59. The molecule has 2 unspecified atom stereocenters. The fourth-order valence-electron chi connectivity index (χ4n) is 3.95. The third kappa shape index (κ3) is 6.68. The zero-order valence-corrected chi connectivity index (χ0v) is 18.5. The Balaban J connectivity index is 1.64. The Bertz CT molecular complexity index is 911. The van der Waals surface area contributed by atoms with Crippen LogP contribution in [-0.4, -0.2) is 10.9 Å². The van der Waals surface area contributed by atoms with E-state index in [1.54, 1.807) is 6.20 Å². The summed E-state index contributed by atoms with van der Waals surface area (Å²) < 4.78 is 5.86. The van der Waals surface area contributed by atoms with Crippen molar-refractivity contribution < 1.29 is 9.53 Å². The average molecular weight is 417 g/mol. The lowest BCUT2D eigenvalue weighted by Crippen LogP contribution is -2.33. The zero-order valence-electron chi connectivity index (χ0n) is 18.5. The quantitative estimate of drug-likeness (QED) is 0.424. The molecule has 0 aliphatic rings. The number of ether oxygens (including phenoxy) is 1. The molecule has 4 heteroatoms. The van der Waals surface area contributed by atoms with Crippen LogP contribution in [0.5, 0.6) is 5.75 Å². The summed E-state index contributed by atoms with van der Waals surface area (Å²) in [6, 6.07) is 24.0. The molecule has 0 bridgehead atoms. The van der Waals surface area contributed by atoms with Crippen LogP contribution in [0.15, 0.2) is 79.0 Å². The minimum Gasteiger partial charge on any atom is -0.487 e. The van der Waals surface area contributed by atoms with E-state index in [2.05, 4.69) is 36.3 Å². The van der Waals surface area contributed by atoms with Gasteiger partial charge in [0.2, 0.25) is 5.91 Å². The fourth-order valence-corrected chi connectivity index (χ4v) is 3.95. The minimum atomic E-state index is -0.0426. The van der Waals surface area contributed by atoms with Crippen LogP contribution in [0.3, 0.4) is 0 Å². The van der Waals surface area contributed by atoms with E-state index in [4.69, 9.17) is 4.74 Å². The average Bonchev–Trinajstić information content (AvgIpc) is 2.83. The Morgan fingerprint density at radius 1 is 0.968 bits per heavy atom. The van der Waals surface area contributed by atoms with Crippen LogP contribution >= 0.6 is 0 Å². The van der Waals surface area contributed by atoms with Gasteiger partial charge in [0.05, 0.1) is 5.69 Å². The summed E-state index contributed by atoms with van der Waals surface area (Å²) >= 11 is 0. The second-order valence-corrected chi connectivity index (χ2v) is 7.79. The molecule has 31 heavy (non-hydrogen) atoms. The summed E-state index contributed by atoms with van der Waals surface area (Å²) in [7, 11) is 0. The summed E-state index contributed by atoms with van der Waals surface area (Å²) in [6.07, 6.45) is 4.53. The van der Waals surface area contributed by atoms with Crippen molar-refractivity contribution in [3.63, 3.8) is 0 Å². The van der Waals surface area contributed by atoms with Crippen molar-refractivity contribution in [2.45, 2.75) is 52.2 Å². The van der Waals surface area contributed by atoms with Gasteiger partial charge in [0.15, 0.2) is 0 Å². The molecule has 0 aliphatic heterocycles. The summed E-state index contributed by atoms with van der Waals surface area (Å²) in [5.41, 5.74) is 3.20. The van der Waals surface area contributed by atoms with Crippen molar-refractivity contribution in [3.8, 4) is 5.75 Å². The lowest BCUT2D eigenvalue weighted by molar-refractivity contribution is -0.126. The smallest absolute Gasteiger partial charge is 0.223 e. The Labute approximate surface area is 185 Å². The molecule has 4 nitrogen and oxygen atoms in total. The predicted octanol–water partition coefficient (Wildman–Crippen LogP) is 5.89. The van der Waals surface area contributed by atoms with E-state index < -0.39 is 0 Å². The van der Waals surface area contributed by atoms with Gasteiger partial charge in [-0.2, -0.15) is 0 Å². The van der Waals surface area contributed by atoms with Crippen LogP contribution in [0.4, 0.5) is 0 Å². The predicted molar refractivity (Wildman–Crippen MR) is 125 cm³/mol. The lowest BCUT2D eigenvalue weighted by Gasteiger charge is -2.26. The van der Waals surface area contributed by atoms with E-state index in [9.17, 15) is 4.79 Å². The third-order valence-electron chi connectivity index (χ3n) is 5.59. The number of carbonyl (C=O) groups excluding carboxylic acids is 1. The van der Waals surface area contributed by atoms with Crippen molar-refractivity contribution in [1.29, 1.82) is 0 Å². The van der Waals surface area contributed by atoms with Gasteiger partial charge in [0, 0.05) is 18.7 Å². The zero-order chi connectivity index (χ0) is 21.9. The van der Waals surface area contributed by atoms with Gasteiger partial charge in [0.25, 0.3) is 0 Å². The van der Waals surface area contributed by atoms with Gasteiger partial charge in [-0.1, -0.05) is 68.8 Å². The summed E-state index contributed by atoms with van der Waals surface area (Å²) in [5.74, 6) is 1.08. The molecule has 1 amide bonds. The Kier molecular flexibility index (Phi) is 8.65. The first-order chi connectivity index (χ1) is 15.2. The van der Waals surface area contributed by atoms with E-state index in [0.717, 1.165) is 36.3 Å². The molecule has 0 saturated heterocycles. The number of pyridine rings is 1. The topological polar surface area (TPSA) is 51.2 Å².